The number of nitrogens with two attached hydrogens (primary N) is 1. The van der Waals surface area contributed by atoms with E-state index in [1.807, 2.05) is 13.0 Å². The van der Waals surface area contributed by atoms with Gasteiger partial charge in [-0.15, -0.1) is 0 Å². The predicted octanol–water partition coefficient (Wildman–Crippen LogP) is 2.17. The summed E-state index contributed by atoms with van der Waals surface area (Å²) >= 11 is 0. The van der Waals surface area contributed by atoms with Crippen LogP contribution in [0.1, 0.15) is 50.0 Å². The molecular formula is C21H29N3O5S2. The molecule has 1 saturated carbocycles. The second-order valence-electron chi connectivity index (χ2n) is 9.28. The summed E-state index contributed by atoms with van der Waals surface area (Å²) in [5.74, 6) is 0. The first-order valence-corrected chi connectivity index (χ1v) is 13.7. The van der Waals surface area contributed by atoms with Crippen molar-refractivity contribution in [1.82, 2.24) is 9.78 Å². The summed E-state index contributed by atoms with van der Waals surface area (Å²) in [5.41, 5.74) is 7.29. The van der Waals surface area contributed by atoms with Crippen molar-refractivity contribution in [2.45, 2.75) is 72.4 Å². The third-order valence-electron chi connectivity index (χ3n) is 6.37. The molecule has 0 bridgehead atoms. The second kappa shape index (κ2) is 7.40. The number of ether oxygens (including phenoxy) is 1. The fourth-order valence-corrected chi connectivity index (χ4v) is 6.53. The molecule has 0 radical (unpaired) electrons. The van der Waals surface area contributed by atoms with Gasteiger partial charge in [0.15, 0.2) is 24.7 Å². The van der Waals surface area contributed by atoms with E-state index in [4.69, 9.17) is 10.5 Å². The highest BCUT2D eigenvalue weighted by Gasteiger charge is 2.47. The van der Waals surface area contributed by atoms with Crippen LogP contribution in [0.2, 0.25) is 0 Å². The second-order valence-corrected chi connectivity index (χ2v) is 13.7. The number of nitrogens with zero attached hydrogens (tertiary/aromatic N) is 2. The highest BCUT2D eigenvalue weighted by atomic mass is 32.2. The molecule has 10 heteroatoms. The molecule has 1 aromatic carbocycles. The number of aryl methyl sites for hydroxylation is 1. The van der Waals surface area contributed by atoms with Gasteiger partial charge in [0.25, 0.3) is 0 Å². The average Bonchev–Trinajstić information content (AvgIpc) is 3.23. The van der Waals surface area contributed by atoms with Gasteiger partial charge in [0, 0.05) is 24.5 Å². The van der Waals surface area contributed by atoms with E-state index in [9.17, 15) is 16.8 Å². The van der Waals surface area contributed by atoms with Crippen molar-refractivity contribution in [1.29, 1.82) is 0 Å². The minimum atomic E-state index is -3.63. The van der Waals surface area contributed by atoms with Crippen molar-refractivity contribution in [3.8, 4) is 0 Å². The third-order valence-corrected chi connectivity index (χ3v) is 9.87. The monoisotopic (exact) mass is 467 g/mol. The lowest BCUT2D eigenvalue weighted by Gasteiger charge is -2.38. The van der Waals surface area contributed by atoms with Gasteiger partial charge in [-0.25, -0.2) is 16.8 Å². The summed E-state index contributed by atoms with van der Waals surface area (Å²) in [6.07, 6.45) is 2.75. The van der Waals surface area contributed by atoms with Crippen LogP contribution in [0.4, 0.5) is 0 Å². The highest BCUT2D eigenvalue weighted by molar-refractivity contribution is 7.92. The molecule has 2 unspecified atom stereocenters. The van der Waals surface area contributed by atoms with Gasteiger partial charge < -0.3 is 10.5 Å². The molecule has 0 spiro atoms. The Balaban J connectivity index is 1.70. The van der Waals surface area contributed by atoms with E-state index in [2.05, 4.69) is 5.10 Å². The molecule has 1 saturated heterocycles. The van der Waals surface area contributed by atoms with Gasteiger partial charge in [-0.2, -0.15) is 5.10 Å². The molecule has 1 aromatic heterocycles. The first-order chi connectivity index (χ1) is 14.3. The quantitative estimate of drug-likeness (QED) is 0.691. The molecule has 2 aromatic rings. The van der Waals surface area contributed by atoms with Gasteiger partial charge in [-0.05, 0) is 57.2 Å². The number of benzene rings is 1. The maximum absolute atomic E-state index is 13.5. The average molecular weight is 468 g/mol. The smallest absolute Gasteiger partial charge is 0.194 e. The molecule has 170 valence electrons. The number of sulfone groups is 2. The van der Waals surface area contributed by atoms with Gasteiger partial charge in [-0.1, -0.05) is 12.1 Å². The molecule has 2 fully saturated rings. The summed E-state index contributed by atoms with van der Waals surface area (Å²) in [5, 5.41) is 4.23. The Morgan fingerprint density at radius 1 is 1.19 bits per heavy atom. The van der Waals surface area contributed by atoms with Crippen LogP contribution in [-0.4, -0.2) is 49.8 Å². The van der Waals surface area contributed by atoms with E-state index >= 15 is 0 Å². The van der Waals surface area contributed by atoms with E-state index in [-0.39, 0.29) is 18.1 Å². The van der Waals surface area contributed by atoms with E-state index in [1.54, 1.807) is 29.8 Å². The van der Waals surface area contributed by atoms with E-state index in [1.165, 1.54) is 6.07 Å². The van der Waals surface area contributed by atoms with Crippen molar-refractivity contribution < 1.29 is 21.6 Å². The Kier molecular flexibility index (Phi) is 5.36. The lowest BCUT2D eigenvalue weighted by Crippen LogP contribution is -2.42. The minimum absolute atomic E-state index is 0.0517. The van der Waals surface area contributed by atoms with Crippen LogP contribution in [0.3, 0.4) is 0 Å². The summed E-state index contributed by atoms with van der Waals surface area (Å²) < 4.78 is 57.8. The largest absolute Gasteiger partial charge is 0.372 e. The zero-order valence-corrected chi connectivity index (χ0v) is 19.7. The summed E-state index contributed by atoms with van der Waals surface area (Å²) in [4.78, 5) is 0.292. The molecule has 4 rings (SSSR count). The van der Waals surface area contributed by atoms with Gasteiger partial charge in [0.05, 0.1) is 21.9 Å². The zero-order chi connectivity index (χ0) is 22.7. The van der Waals surface area contributed by atoms with Crippen molar-refractivity contribution in [2.24, 2.45) is 5.73 Å². The molecular weight excluding hydrogens is 438 g/mol. The van der Waals surface area contributed by atoms with E-state index < -0.39 is 36.1 Å². The van der Waals surface area contributed by atoms with Crippen LogP contribution >= 0.6 is 0 Å². The number of hydrogen-bond donors (Lipinski definition) is 1. The Bertz CT molecular complexity index is 1220. The first-order valence-electron chi connectivity index (χ1n) is 10.3. The number of hydrogen-bond acceptors (Lipinski definition) is 7. The molecule has 1 aliphatic heterocycles. The van der Waals surface area contributed by atoms with Gasteiger partial charge in [0.1, 0.15) is 6.10 Å². The van der Waals surface area contributed by atoms with Crippen molar-refractivity contribution in [3.05, 3.63) is 41.6 Å². The van der Waals surface area contributed by atoms with Crippen LogP contribution < -0.4 is 5.73 Å². The van der Waals surface area contributed by atoms with Crippen LogP contribution in [0, 0.1) is 6.92 Å². The van der Waals surface area contributed by atoms with Crippen LogP contribution in [0.5, 0.6) is 0 Å². The fraction of sp³-hybridized carbons (Fsp3) is 0.571. The maximum Gasteiger partial charge on any atom is 0.194 e. The summed E-state index contributed by atoms with van der Waals surface area (Å²) in [6, 6.07) is 8.40. The van der Waals surface area contributed by atoms with Crippen molar-refractivity contribution >= 4 is 19.7 Å². The van der Waals surface area contributed by atoms with E-state index in [0.29, 0.717) is 23.6 Å². The molecule has 31 heavy (non-hydrogen) atoms. The SMILES string of the molecule is Cc1cccc(S(=O)(=O)C2(C)CCOC(c3cc(S(C)(=O)=O)nn3CC3(N)CC3)C2)c1. The Labute approximate surface area is 183 Å². The van der Waals surface area contributed by atoms with Crippen LogP contribution in [-0.2, 0) is 31.0 Å². The topological polar surface area (TPSA) is 121 Å². The number of rotatable bonds is 6. The Hall–Kier alpha value is -1.75. The molecule has 1 aliphatic carbocycles. The highest BCUT2D eigenvalue weighted by Crippen LogP contribution is 2.43. The van der Waals surface area contributed by atoms with E-state index in [0.717, 1.165) is 24.7 Å². The minimum Gasteiger partial charge on any atom is -0.372 e. The Morgan fingerprint density at radius 3 is 2.52 bits per heavy atom. The van der Waals surface area contributed by atoms with Crippen molar-refractivity contribution in [2.75, 3.05) is 12.9 Å². The number of aromatic nitrogens is 2. The standard InChI is InChI=1S/C21H29N3O5S2/c1-15-5-4-6-16(11-15)31(27,28)20(2)9-10-29-18(13-20)17-12-19(30(3,25)26)23-24(17)14-21(22)7-8-21/h4-6,11-12,18H,7-10,13-14,22H2,1-3H3. The van der Waals surface area contributed by atoms with Crippen LogP contribution in [0.15, 0.2) is 40.3 Å². The molecule has 2 atom stereocenters. The summed E-state index contributed by atoms with van der Waals surface area (Å²) in [7, 11) is -7.16. The van der Waals surface area contributed by atoms with Gasteiger partial charge in [0.2, 0.25) is 0 Å². The fourth-order valence-electron chi connectivity index (χ4n) is 4.06. The predicted molar refractivity (Wildman–Crippen MR) is 116 cm³/mol. The molecule has 0 amide bonds. The lowest BCUT2D eigenvalue weighted by molar-refractivity contribution is -0.00504. The first kappa shape index (κ1) is 22.4. The third kappa shape index (κ3) is 4.30. The molecule has 2 heterocycles. The van der Waals surface area contributed by atoms with Crippen molar-refractivity contribution in [3.63, 3.8) is 0 Å². The maximum atomic E-state index is 13.5. The molecule has 8 nitrogen and oxygen atoms in total. The normalized spacial score (nSPS) is 26.0. The lowest BCUT2D eigenvalue weighted by atomic mass is 9.94. The molecule has 2 aliphatic rings. The van der Waals surface area contributed by atoms with Crippen LogP contribution in [0.25, 0.3) is 0 Å². The van der Waals surface area contributed by atoms with Gasteiger partial charge >= 0.3 is 0 Å². The zero-order valence-electron chi connectivity index (χ0n) is 18.0. The molecule has 2 N–H and O–H groups in total. The van der Waals surface area contributed by atoms with Gasteiger partial charge in [-0.3, -0.25) is 4.68 Å². The summed E-state index contributed by atoms with van der Waals surface area (Å²) in [6.45, 7) is 4.22. The Morgan fingerprint density at radius 2 is 1.90 bits per heavy atom.